The maximum Gasteiger partial charge on any atom is 0.246 e. The Hall–Kier alpha value is -10.1. The Bertz CT molecular complexity index is 3490. The van der Waals surface area contributed by atoms with Crippen LogP contribution in [0.25, 0.3) is 0 Å². The van der Waals surface area contributed by atoms with Gasteiger partial charge in [0.15, 0.2) is 23.3 Å². The number of hydrogen-bond acceptors (Lipinski definition) is 14. The molecule has 524 valence electrons. The van der Waals surface area contributed by atoms with Gasteiger partial charge in [-0.2, -0.15) is 0 Å². The fourth-order valence-electron chi connectivity index (χ4n) is 11.1. The van der Waals surface area contributed by atoms with Gasteiger partial charge in [-0.25, -0.2) is 22.0 Å². The molecule has 6 rings (SSSR count). The van der Waals surface area contributed by atoms with E-state index in [-0.39, 0.29) is 75.3 Å². The van der Waals surface area contributed by atoms with Crippen molar-refractivity contribution in [3.8, 4) is 5.75 Å². The fraction of sp³-hybridized carbons (Fsp3) is 0.455. The highest BCUT2D eigenvalue weighted by Gasteiger charge is 2.43. The number of phenols is 1. The van der Waals surface area contributed by atoms with Crippen LogP contribution in [0.15, 0.2) is 84.9 Å². The highest BCUT2D eigenvalue weighted by atomic mass is 19.2. The lowest BCUT2D eigenvalue weighted by atomic mass is 9.98. The van der Waals surface area contributed by atoms with Gasteiger partial charge >= 0.3 is 0 Å². The molecule has 2 aliphatic heterocycles. The first-order chi connectivity index (χ1) is 46.0. The molecule has 0 unspecified atom stereocenters. The lowest BCUT2D eigenvalue weighted by Gasteiger charge is -2.32. The minimum Gasteiger partial charge on any atom is -0.508 e. The summed E-state index contributed by atoms with van der Waals surface area (Å²) in [5, 5.41) is 32.5. The molecule has 31 heteroatoms. The van der Waals surface area contributed by atoms with Crippen LogP contribution in [0.2, 0.25) is 0 Å². The number of phenolic OH excluding ortho intramolecular Hbond substituents is 1. The number of amides is 12. The largest absolute Gasteiger partial charge is 0.508 e. The van der Waals surface area contributed by atoms with Crippen molar-refractivity contribution >= 4 is 70.9 Å². The first-order valence-corrected chi connectivity index (χ1v) is 31.6. The number of nitrogens with two attached hydrogens (primary N) is 3. The molecule has 4 aromatic carbocycles. The monoisotopic (exact) mass is 1360 g/mol. The van der Waals surface area contributed by atoms with Crippen molar-refractivity contribution in [1.29, 1.82) is 0 Å². The van der Waals surface area contributed by atoms with Gasteiger partial charge < -0.3 is 75.1 Å². The van der Waals surface area contributed by atoms with Gasteiger partial charge in [-0.1, -0.05) is 100 Å². The molecule has 2 heterocycles. The summed E-state index contributed by atoms with van der Waals surface area (Å²) in [6.45, 7) is 6.43. The van der Waals surface area contributed by atoms with Crippen LogP contribution in [0, 0.1) is 40.9 Å². The Kier molecular flexibility index (Phi) is 27.9. The van der Waals surface area contributed by atoms with E-state index in [2.05, 4.69) is 47.9 Å². The Balaban J connectivity index is 1.51. The van der Waals surface area contributed by atoms with Gasteiger partial charge in [-0.05, 0) is 85.7 Å². The molecule has 2 aliphatic rings. The highest BCUT2D eigenvalue weighted by Crippen LogP contribution is 2.26. The van der Waals surface area contributed by atoms with Gasteiger partial charge in [0.25, 0.3) is 0 Å². The van der Waals surface area contributed by atoms with Crippen molar-refractivity contribution in [3.05, 3.63) is 136 Å². The molecule has 0 aromatic heterocycles. The SMILES string of the molecule is CC(C)C[C@@H]1NC(=O)[C@H](CCCN)NC(=O)[C@H](C(C)C)NC(=O)[C@H](Cc2ccc(O)cc2)NC(=O)[C@H](CCC(N)=O)NC(=O)[C@H](CC(N)=O)NC(=O)[C@@H](Cc2ccccc2)NC(=O)[C@H](Cc2c(F)c(F)c(F)c(F)c2F)NC(=O)[C@@H]2CCCN2C(=O)[C@@H](Cc2ccccc2)NC1=O. The van der Waals surface area contributed by atoms with Crippen molar-refractivity contribution in [3.63, 3.8) is 0 Å². The minimum absolute atomic E-state index is 0.0209. The maximum absolute atomic E-state index is 15.7. The zero-order chi connectivity index (χ0) is 71.4. The number of hydrogen-bond donors (Lipinski definition) is 13. The first kappa shape index (κ1) is 76.0. The predicted octanol–water partition coefficient (Wildman–Crippen LogP) is 0.308. The van der Waals surface area contributed by atoms with E-state index in [0.29, 0.717) is 11.1 Å². The summed E-state index contributed by atoms with van der Waals surface area (Å²) in [6.07, 6.45) is -5.03. The van der Waals surface area contributed by atoms with Crippen molar-refractivity contribution in [2.75, 3.05) is 13.1 Å². The zero-order valence-corrected chi connectivity index (χ0v) is 53.8. The lowest BCUT2D eigenvalue weighted by molar-refractivity contribution is -0.142. The molecular weight excluding hydrogens is 1280 g/mol. The summed E-state index contributed by atoms with van der Waals surface area (Å²) in [5.41, 5.74) is 16.4. The Morgan fingerprint density at radius 2 is 0.897 bits per heavy atom. The molecule has 0 bridgehead atoms. The summed E-state index contributed by atoms with van der Waals surface area (Å²) in [5.74, 6) is -26.9. The second-order valence-corrected chi connectivity index (χ2v) is 24.6. The average Bonchev–Trinajstić information content (AvgIpc) is 1.19. The number of fused-ring (bicyclic) bond motifs is 1. The number of benzene rings is 4. The Labute approximate surface area is 555 Å². The Morgan fingerprint density at radius 1 is 0.485 bits per heavy atom. The van der Waals surface area contributed by atoms with Gasteiger partial charge in [0, 0.05) is 44.2 Å². The van der Waals surface area contributed by atoms with E-state index < -0.39 is 204 Å². The third-order valence-corrected chi connectivity index (χ3v) is 16.3. The summed E-state index contributed by atoms with van der Waals surface area (Å²) >= 11 is 0. The predicted molar refractivity (Wildman–Crippen MR) is 339 cm³/mol. The molecule has 26 nitrogen and oxygen atoms in total. The lowest BCUT2D eigenvalue weighted by Crippen LogP contribution is -2.62. The summed E-state index contributed by atoms with van der Waals surface area (Å²) in [6, 6.07) is 3.74. The molecule has 0 radical (unpaired) electrons. The molecule has 12 amide bonds. The number of carbonyl (C=O) groups is 12. The highest BCUT2D eigenvalue weighted by molar-refractivity contribution is 6.01. The van der Waals surface area contributed by atoms with Gasteiger partial charge in [-0.15, -0.1) is 0 Å². The third kappa shape index (κ3) is 21.7. The number of nitrogens with zero attached hydrogens (tertiary/aromatic N) is 1. The number of primary amides is 2. The number of rotatable bonds is 19. The Morgan fingerprint density at radius 3 is 1.41 bits per heavy atom. The number of nitrogens with one attached hydrogen (secondary N) is 9. The van der Waals surface area contributed by atoms with Crippen LogP contribution in [0.1, 0.15) is 101 Å². The van der Waals surface area contributed by atoms with Crippen molar-refractivity contribution in [2.24, 2.45) is 29.0 Å². The van der Waals surface area contributed by atoms with E-state index in [1.165, 1.54) is 48.5 Å². The molecule has 97 heavy (non-hydrogen) atoms. The second-order valence-electron chi connectivity index (χ2n) is 24.6. The minimum atomic E-state index is -2.56. The van der Waals surface area contributed by atoms with Crippen LogP contribution in [-0.2, 0) is 83.2 Å². The van der Waals surface area contributed by atoms with E-state index >= 15 is 13.6 Å². The second kappa shape index (κ2) is 35.6. The zero-order valence-electron chi connectivity index (χ0n) is 53.8. The number of aromatic hydroxyl groups is 1. The summed E-state index contributed by atoms with van der Waals surface area (Å²) in [7, 11) is 0. The van der Waals surface area contributed by atoms with Crippen LogP contribution >= 0.6 is 0 Å². The molecule has 2 saturated heterocycles. The topological polar surface area (TPSA) is 415 Å². The summed E-state index contributed by atoms with van der Waals surface area (Å²) < 4.78 is 75.8. The fourth-order valence-corrected chi connectivity index (χ4v) is 11.1. The van der Waals surface area contributed by atoms with E-state index in [4.69, 9.17) is 17.2 Å². The molecule has 0 spiro atoms. The molecule has 10 atom stereocenters. The van der Waals surface area contributed by atoms with Gasteiger partial charge in [0.05, 0.1) is 6.42 Å². The molecule has 0 saturated carbocycles. The smallest absolute Gasteiger partial charge is 0.246 e. The maximum atomic E-state index is 15.7. The van der Waals surface area contributed by atoms with Crippen LogP contribution in [0.4, 0.5) is 22.0 Å². The summed E-state index contributed by atoms with van der Waals surface area (Å²) in [4.78, 5) is 173. The van der Waals surface area contributed by atoms with Crippen LogP contribution in [-0.4, -0.2) is 154 Å². The average molecular weight is 1360 g/mol. The molecule has 0 aliphatic carbocycles. The number of carbonyl (C=O) groups excluding carboxylic acids is 12. The normalized spacial score (nSPS) is 23.4. The van der Waals surface area contributed by atoms with Crippen LogP contribution < -0.4 is 65.1 Å². The molecule has 4 aromatic rings. The quantitative estimate of drug-likeness (QED) is 0.0342. The van der Waals surface area contributed by atoms with E-state index in [1.54, 1.807) is 64.1 Å². The molecule has 16 N–H and O–H groups in total. The van der Waals surface area contributed by atoms with Crippen molar-refractivity contribution in [2.45, 2.75) is 165 Å². The van der Waals surface area contributed by atoms with Crippen LogP contribution in [0.5, 0.6) is 5.75 Å². The van der Waals surface area contributed by atoms with E-state index in [1.807, 2.05) is 0 Å². The molecular formula is C66H82F5N13O13. The third-order valence-electron chi connectivity index (χ3n) is 16.3. The van der Waals surface area contributed by atoms with Crippen molar-refractivity contribution < 1.29 is 84.6 Å². The molecule has 2 fully saturated rings. The van der Waals surface area contributed by atoms with Crippen LogP contribution in [0.3, 0.4) is 0 Å². The van der Waals surface area contributed by atoms with Crippen molar-refractivity contribution in [1.82, 2.24) is 52.8 Å². The first-order valence-electron chi connectivity index (χ1n) is 31.6. The van der Waals surface area contributed by atoms with Gasteiger partial charge in [0.2, 0.25) is 76.7 Å². The standard InChI is InChI=1S/C66H82F5N13O13/c1-33(2)27-42-59(90)82-47(30-36-15-9-6-10-16-36)66(97)84-26-12-18-48(84)64(95)81-45(31-39-51(67)53(69)55(71)54(70)52(39)68)61(92)79-43(28-35-13-7-5-8-14-35)60(91)80-46(32-50(74)87)62(93)75-41(23-24-49(73)86)58(89)78-44(29-37-19-21-38(85)22-20-37)63(94)83-56(34(3)4)65(96)76-40(17-11-25-72)57(88)77-42/h5-10,13-16,19-22,33-34,40-48,56,85H,11-12,17-18,23-32,72H2,1-4H3,(H2,73,86)(H2,74,87)(H,75,93)(H,76,96)(H,77,88)(H,78,89)(H,79,92)(H,80,91)(H,81,95)(H,82,90)(H,83,94)/t40-,41-,42-,43+,44-,45-,46-,47+,48-,56-/m0/s1. The van der Waals surface area contributed by atoms with E-state index in [0.717, 1.165) is 4.90 Å². The van der Waals surface area contributed by atoms with E-state index in [9.17, 15) is 71.0 Å². The van der Waals surface area contributed by atoms with Gasteiger partial charge in [0.1, 0.15) is 66.2 Å². The number of halogens is 5. The van der Waals surface area contributed by atoms with Gasteiger partial charge in [-0.3, -0.25) is 57.5 Å².